The van der Waals surface area contributed by atoms with E-state index in [0.29, 0.717) is 38.8 Å². The lowest BCUT2D eigenvalue weighted by Crippen LogP contribution is -2.32. The van der Waals surface area contributed by atoms with Crippen LogP contribution in [0.1, 0.15) is 38.2 Å². The number of non-ortho nitro benzene ring substituents is 1. The van der Waals surface area contributed by atoms with E-state index in [2.05, 4.69) is 10.8 Å². The van der Waals surface area contributed by atoms with E-state index in [0.717, 1.165) is 18.9 Å². The van der Waals surface area contributed by atoms with Gasteiger partial charge in [-0.25, -0.2) is 8.42 Å². The van der Waals surface area contributed by atoms with Crippen LogP contribution in [-0.4, -0.2) is 78.0 Å². The van der Waals surface area contributed by atoms with Gasteiger partial charge in [-0.15, -0.1) is 6.42 Å². The van der Waals surface area contributed by atoms with Crippen molar-refractivity contribution in [2.45, 2.75) is 42.8 Å². The normalized spacial score (nSPS) is 17.8. The maximum absolute atomic E-state index is 13.8. The van der Waals surface area contributed by atoms with Gasteiger partial charge in [0.2, 0.25) is 0 Å². The number of hydrogen-bond donors (Lipinski definition) is 0. The van der Waals surface area contributed by atoms with Gasteiger partial charge in [0.1, 0.15) is 0 Å². The van der Waals surface area contributed by atoms with Crippen molar-refractivity contribution in [3.05, 3.63) is 27.8 Å². The zero-order valence-electron chi connectivity index (χ0n) is 19.2. The van der Waals surface area contributed by atoms with Gasteiger partial charge in [-0.2, -0.15) is 8.42 Å². The summed E-state index contributed by atoms with van der Waals surface area (Å²) in [5, 5.41) is 10.8. The zero-order valence-corrected chi connectivity index (χ0v) is 20.8. The van der Waals surface area contributed by atoms with Gasteiger partial charge in [-0.1, -0.05) is 12.8 Å². The Morgan fingerprint density at radius 2 is 1.94 bits per heavy atom. The number of nitro benzene ring substituents is 1. The smallest absolute Gasteiger partial charge is 0.272 e. The summed E-state index contributed by atoms with van der Waals surface area (Å²) < 4.78 is 55.2. The maximum atomic E-state index is 13.8. The Bertz CT molecular complexity index is 1110. The van der Waals surface area contributed by atoms with Gasteiger partial charge in [-0.05, 0) is 45.8 Å². The van der Waals surface area contributed by atoms with Crippen molar-refractivity contribution in [2.75, 3.05) is 51.0 Å². The second kappa shape index (κ2) is 11.3. The van der Waals surface area contributed by atoms with E-state index in [9.17, 15) is 26.9 Å². The fourth-order valence-electron chi connectivity index (χ4n) is 3.96. The number of anilines is 1. The predicted molar refractivity (Wildman–Crippen MR) is 127 cm³/mol. The molecule has 1 fully saturated rings. The van der Waals surface area contributed by atoms with Crippen LogP contribution >= 0.6 is 0 Å². The Labute approximate surface area is 196 Å². The number of likely N-dealkylation sites (tertiary alicyclic amines) is 1. The van der Waals surface area contributed by atoms with Crippen molar-refractivity contribution in [3.63, 3.8) is 0 Å². The Morgan fingerprint density at radius 1 is 1.24 bits per heavy atom. The highest BCUT2D eigenvalue weighted by Gasteiger charge is 2.35. The number of nitro groups is 1. The third-order valence-corrected chi connectivity index (χ3v) is 8.41. The summed E-state index contributed by atoms with van der Waals surface area (Å²) >= 11 is 0. The number of benzene rings is 1. The lowest BCUT2D eigenvalue weighted by Gasteiger charge is -2.29. The third-order valence-electron chi connectivity index (χ3n) is 5.54. The molecule has 1 saturated heterocycles. The van der Waals surface area contributed by atoms with Crippen LogP contribution in [0.15, 0.2) is 17.0 Å². The van der Waals surface area contributed by atoms with Gasteiger partial charge in [0.05, 0.1) is 39.2 Å². The van der Waals surface area contributed by atoms with Gasteiger partial charge in [0.15, 0.2) is 9.84 Å². The summed E-state index contributed by atoms with van der Waals surface area (Å²) in [6.07, 6.45) is 8.71. The van der Waals surface area contributed by atoms with Crippen LogP contribution in [0.5, 0.6) is 0 Å². The predicted octanol–water partition coefficient (Wildman–Crippen LogP) is 2.03. The SMILES string of the molecule is C#Cc1cc([N+](=O)[O-])cc(S(=O)(=O)C2CCCN(C)CC2)c1N(CCC)CCOS(C)(=O)=O. The first-order valence-corrected chi connectivity index (χ1v) is 14.1. The molecule has 0 bridgehead atoms. The highest BCUT2D eigenvalue weighted by Crippen LogP contribution is 2.37. The topological polar surface area (TPSA) is 127 Å². The fraction of sp³-hybridized carbons (Fsp3) is 0.619. The van der Waals surface area contributed by atoms with Crippen LogP contribution in [0.3, 0.4) is 0 Å². The van der Waals surface area contributed by atoms with E-state index in [1.165, 1.54) is 6.07 Å². The summed E-state index contributed by atoms with van der Waals surface area (Å²) in [6, 6.07) is 2.25. The molecule has 184 valence electrons. The van der Waals surface area contributed by atoms with Gasteiger partial charge in [0.25, 0.3) is 15.8 Å². The quantitative estimate of drug-likeness (QED) is 0.205. The summed E-state index contributed by atoms with van der Waals surface area (Å²) in [7, 11) is -5.74. The van der Waals surface area contributed by atoms with E-state index in [-0.39, 0.29) is 29.3 Å². The molecule has 0 aliphatic carbocycles. The average Bonchev–Trinajstić information content (AvgIpc) is 2.96. The van der Waals surface area contributed by atoms with Gasteiger partial charge < -0.3 is 9.80 Å². The molecule has 1 aromatic carbocycles. The lowest BCUT2D eigenvalue weighted by molar-refractivity contribution is -0.385. The van der Waals surface area contributed by atoms with Crippen LogP contribution in [0, 0.1) is 22.5 Å². The van der Waals surface area contributed by atoms with E-state index in [4.69, 9.17) is 10.6 Å². The Balaban J connectivity index is 2.64. The molecule has 10 nitrogen and oxygen atoms in total. The Kier molecular flexibility index (Phi) is 9.25. The molecule has 0 N–H and O–H groups in total. The first-order chi connectivity index (χ1) is 15.4. The van der Waals surface area contributed by atoms with Crippen molar-refractivity contribution in [1.82, 2.24) is 4.90 Å². The molecule has 0 spiro atoms. The molecule has 0 amide bonds. The van der Waals surface area contributed by atoms with E-state index in [1.54, 1.807) is 4.90 Å². The number of sulfone groups is 1. The first kappa shape index (κ1) is 27.0. The molecule has 2 rings (SSSR count). The monoisotopic (exact) mass is 501 g/mol. The van der Waals surface area contributed by atoms with Gasteiger partial charge in [0, 0.05) is 25.2 Å². The number of terminal acetylenes is 1. The molecular weight excluding hydrogens is 470 g/mol. The summed E-state index contributed by atoms with van der Waals surface area (Å²) in [6.45, 7) is 3.43. The van der Waals surface area contributed by atoms with Gasteiger partial charge in [-0.3, -0.25) is 14.3 Å². The van der Waals surface area contributed by atoms with Crippen molar-refractivity contribution in [3.8, 4) is 12.3 Å². The first-order valence-electron chi connectivity index (χ1n) is 10.7. The number of nitrogens with zero attached hydrogens (tertiary/aromatic N) is 3. The molecule has 1 aliphatic rings. The largest absolute Gasteiger partial charge is 0.367 e. The molecule has 1 unspecified atom stereocenters. The number of hydrogen-bond acceptors (Lipinski definition) is 9. The van der Waals surface area contributed by atoms with Crippen LogP contribution < -0.4 is 4.90 Å². The standard InChI is InChI=1S/C21H31N3O7S2/c1-5-10-23(13-14-31-32(4,27)28)21-17(6-2)15-18(24(25)26)16-20(21)33(29,30)19-8-7-11-22(3)12-9-19/h2,15-16,19H,5,7-14H2,1,3-4H3. The van der Waals surface area contributed by atoms with Crippen molar-refractivity contribution >= 4 is 31.3 Å². The van der Waals surface area contributed by atoms with E-state index in [1.807, 2.05) is 14.0 Å². The summed E-state index contributed by atoms with van der Waals surface area (Å²) in [5.41, 5.74) is -0.152. The minimum absolute atomic E-state index is 0.0450. The van der Waals surface area contributed by atoms with Crippen molar-refractivity contribution < 1.29 is 25.9 Å². The summed E-state index contributed by atoms with van der Waals surface area (Å²) in [5.74, 6) is 2.39. The number of rotatable bonds is 10. The molecular formula is C21H31N3O7S2. The lowest BCUT2D eigenvalue weighted by atomic mass is 10.1. The van der Waals surface area contributed by atoms with Gasteiger partial charge >= 0.3 is 0 Å². The molecule has 1 heterocycles. The molecule has 0 aromatic heterocycles. The van der Waals surface area contributed by atoms with E-state index >= 15 is 0 Å². The summed E-state index contributed by atoms with van der Waals surface area (Å²) in [4.78, 5) is 14.4. The van der Waals surface area contributed by atoms with E-state index < -0.39 is 35.8 Å². The fourth-order valence-corrected chi connectivity index (χ4v) is 6.38. The highest BCUT2D eigenvalue weighted by atomic mass is 32.2. The molecule has 1 aromatic rings. The van der Waals surface area contributed by atoms with Crippen LogP contribution in [0.4, 0.5) is 11.4 Å². The molecule has 1 aliphatic heterocycles. The third kappa shape index (κ3) is 7.14. The molecule has 0 radical (unpaired) electrons. The molecule has 33 heavy (non-hydrogen) atoms. The van der Waals surface area contributed by atoms with Crippen molar-refractivity contribution in [2.24, 2.45) is 0 Å². The zero-order chi connectivity index (χ0) is 24.8. The molecule has 12 heteroatoms. The van der Waals surface area contributed by atoms with Crippen molar-refractivity contribution in [1.29, 1.82) is 0 Å². The Hall–Kier alpha value is -2.20. The Morgan fingerprint density at radius 3 is 2.52 bits per heavy atom. The van der Waals surface area contributed by atoms with Crippen LogP contribution in [0.2, 0.25) is 0 Å². The minimum atomic E-state index is -3.97. The van der Waals surface area contributed by atoms with Crippen LogP contribution in [-0.2, 0) is 24.1 Å². The highest BCUT2D eigenvalue weighted by molar-refractivity contribution is 7.92. The van der Waals surface area contributed by atoms with Crippen LogP contribution in [0.25, 0.3) is 0 Å². The maximum Gasteiger partial charge on any atom is 0.272 e. The molecule has 0 saturated carbocycles. The average molecular weight is 502 g/mol. The second-order valence-corrected chi connectivity index (χ2v) is 12.0. The minimum Gasteiger partial charge on any atom is -0.367 e. The second-order valence-electron chi connectivity index (χ2n) is 8.16. The molecule has 1 atom stereocenters.